The third-order valence-electron chi connectivity index (χ3n) is 20.0. The lowest BCUT2D eigenvalue weighted by atomic mass is 9.65. The summed E-state index contributed by atoms with van der Waals surface area (Å²) in [5, 5.41) is 13.3. The highest BCUT2D eigenvalue weighted by atomic mass is 16.6. The molecule has 15 heteroatoms. The van der Waals surface area contributed by atoms with Crippen LogP contribution >= 0.6 is 0 Å². The number of oxime groups is 1. The molecule has 6 unspecified atom stereocenters. The van der Waals surface area contributed by atoms with Crippen molar-refractivity contribution in [3.8, 4) is 0 Å². The number of para-hydroxylation sites is 4. The van der Waals surface area contributed by atoms with Gasteiger partial charge in [0.2, 0.25) is 0 Å². The third kappa shape index (κ3) is 12.2. The van der Waals surface area contributed by atoms with Crippen LogP contribution in [0.3, 0.4) is 0 Å². The minimum absolute atomic E-state index is 0. The number of Topliss-reactive ketones (excluding diaryl/α,β-unsaturated/α-hetero) is 1. The van der Waals surface area contributed by atoms with Crippen molar-refractivity contribution in [1.82, 2.24) is 28.9 Å². The van der Waals surface area contributed by atoms with Gasteiger partial charge in [0.15, 0.2) is 17.2 Å². The monoisotopic (exact) mass is 1080 g/mol. The summed E-state index contributed by atoms with van der Waals surface area (Å²) in [7, 11) is 1.41. The van der Waals surface area contributed by atoms with E-state index in [0.717, 1.165) is 77.7 Å². The lowest BCUT2D eigenvalue weighted by molar-refractivity contribution is -0.143. The van der Waals surface area contributed by atoms with Crippen molar-refractivity contribution in [2.24, 2.45) is 40.7 Å². The maximum atomic E-state index is 14.1. The van der Waals surface area contributed by atoms with E-state index in [1.165, 1.54) is 110 Å². The van der Waals surface area contributed by atoms with Gasteiger partial charge in [-0.25, -0.2) is 9.97 Å². The molecule has 4 aliphatic carbocycles. The molecule has 12 rings (SSSR count). The van der Waals surface area contributed by atoms with Gasteiger partial charge < -0.3 is 23.8 Å². The summed E-state index contributed by atoms with van der Waals surface area (Å²) in [5.74, 6) is 3.54. The van der Waals surface area contributed by atoms with E-state index in [2.05, 4.69) is 38.8 Å². The van der Waals surface area contributed by atoms with Gasteiger partial charge in [-0.05, 0) is 182 Å². The van der Waals surface area contributed by atoms with Gasteiger partial charge in [-0.2, -0.15) is 0 Å². The average molecular weight is 1080 g/mol. The summed E-state index contributed by atoms with van der Waals surface area (Å²) in [6, 6.07) is 19.0. The topological polar surface area (TPSA) is 179 Å². The molecule has 8 bridgehead atoms. The lowest BCUT2D eigenvalue weighted by Gasteiger charge is -2.55. The van der Waals surface area contributed by atoms with Gasteiger partial charge >= 0.3 is 11.9 Å². The Hall–Kier alpha value is -5.28. The molecule has 2 aromatic carbocycles. The van der Waals surface area contributed by atoms with Crippen LogP contribution in [0.2, 0.25) is 0 Å². The van der Waals surface area contributed by atoms with Gasteiger partial charge in [0, 0.05) is 61.2 Å². The highest BCUT2D eigenvalue weighted by Gasteiger charge is 2.48. The normalized spacial score (nSPS) is 32.5. The first kappa shape index (κ1) is 57.0. The maximum absolute atomic E-state index is 14.1. The van der Waals surface area contributed by atoms with Gasteiger partial charge in [0.25, 0.3) is 11.1 Å². The molecule has 6 heterocycles. The highest BCUT2D eigenvalue weighted by Crippen LogP contribution is 2.51. The molecule has 2 aromatic heterocycles. The zero-order valence-corrected chi connectivity index (χ0v) is 46.8. The van der Waals surface area contributed by atoms with Crippen molar-refractivity contribution < 1.29 is 29.1 Å². The van der Waals surface area contributed by atoms with Crippen molar-refractivity contribution in [1.29, 1.82) is 0 Å². The summed E-state index contributed by atoms with van der Waals surface area (Å²) in [6.45, 7) is 6.89. The summed E-state index contributed by atoms with van der Waals surface area (Å²) in [4.78, 5) is 84.3. The predicted octanol–water partition coefficient (Wildman–Crippen LogP) is 11.7. The van der Waals surface area contributed by atoms with E-state index in [4.69, 9.17) is 9.57 Å². The van der Waals surface area contributed by atoms with E-state index in [0.29, 0.717) is 47.5 Å². The molecule has 4 saturated carbocycles. The van der Waals surface area contributed by atoms with Crippen molar-refractivity contribution in [2.75, 3.05) is 13.7 Å². The van der Waals surface area contributed by atoms with E-state index < -0.39 is 11.9 Å². The second-order valence-electron chi connectivity index (χ2n) is 25.6. The number of rotatable bonds is 14. The van der Waals surface area contributed by atoms with Crippen LogP contribution in [-0.4, -0.2) is 107 Å². The fourth-order valence-corrected chi connectivity index (χ4v) is 17.7. The Balaban J connectivity index is 0.000000176. The minimum Gasteiger partial charge on any atom is -0.481 e. The fourth-order valence-electron chi connectivity index (χ4n) is 17.7. The number of hydrogen-bond acceptors (Lipinski definition) is 12. The molecule has 8 fully saturated rings. The van der Waals surface area contributed by atoms with E-state index >= 15 is 0 Å². The Morgan fingerprint density at radius 1 is 0.557 bits per heavy atom. The number of carboxylic acids is 1. The molecule has 15 nitrogen and oxygen atoms in total. The third-order valence-corrected chi connectivity index (χ3v) is 20.0. The molecule has 8 aliphatic rings. The number of aromatic nitrogens is 4. The first-order valence-electron chi connectivity index (χ1n) is 30.4. The summed E-state index contributed by atoms with van der Waals surface area (Å²) in [6.07, 6.45) is 24.8. The molecule has 4 saturated heterocycles. The van der Waals surface area contributed by atoms with Crippen LogP contribution in [0.5, 0.6) is 0 Å². The predicted molar refractivity (Wildman–Crippen MR) is 308 cm³/mol. The summed E-state index contributed by atoms with van der Waals surface area (Å²) in [5.41, 5.74) is 3.02. The first-order chi connectivity index (χ1) is 37.8. The Labute approximate surface area is 467 Å². The Morgan fingerprint density at radius 3 is 1.42 bits per heavy atom. The number of carboxylic acid groups (broad SMARTS) is 1. The van der Waals surface area contributed by atoms with Gasteiger partial charge in [-0.15, -0.1) is 0 Å². The van der Waals surface area contributed by atoms with E-state index in [1.807, 2.05) is 57.7 Å². The molecule has 1 N–H and O–H groups in total. The number of nitrogens with zero attached hydrogens (tertiary/aromatic N) is 7. The second-order valence-corrected chi connectivity index (χ2v) is 25.6. The molecule has 4 aliphatic heterocycles. The van der Waals surface area contributed by atoms with Gasteiger partial charge in [-0.1, -0.05) is 63.5 Å². The van der Waals surface area contributed by atoms with Crippen molar-refractivity contribution in [2.45, 2.75) is 231 Å². The molecule has 10 atom stereocenters. The van der Waals surface area contributed by atoms with Gasteiger partial charge in [0.05, 0.1) is 41.5 Å². The van der Waals surface area contributed by atoms with Crippen molar-refractivity contribution >= 4 is 45.5 Å². The number of ether oxygens (including phenoxy) is 1. The zero-order valence-electron chi connectivity index (χ0n) is 46.8. The molecule has 0 radical (unpaired) electrons. The summed E-state index contributed by atoms with van der Waals surface area (Å²) < 4.78 is 8.83. The van der Waals surface area contributed by atoms with Crippen LogP contribution in [0.1, 0.15) is 211 Å². The van der Waals surface area contributed by atoms with Crippen molar-refractivity contribution in [3.63, 3.8) is 0 Å². The van der Waals surface area contributed by atoms with Crippen LogP contribution in [0.4, 0.5) is 0 Å². The van der Waals surface area contributed by atoms with E-state index in [9.17, 15) is 29.1 Å². The van der Waals surface area contributed by atoms with Crippen molar-refractivity contribution in [3.05, 3.63) is 80.6 Å². The van der Waals surface area contributed by atoms with Crippen LogP contribution in [0.25, 0.3) is 22.1 Å². The first-order valence-corrected chi connectivity index (χ1v) is 30.4. The molecule has 4 aromatic rings. The quantitative estimate of drug-likeness (QED) is 0.0547. The maximum Gasteiger partial charge on any atom is 0.306 e. The smallest absolute Gasteiger partial charge is 0.306 e. The van der Waals surface area contributed by atoms with E-state index in [-0.39, 0.29) is 80.1 Å². The number of ketones is 1. The standard InChI is InChI=1S/C32H43N3O4.C31H42N4O4.CH4/c1-3-39-30(37)12-11-29(36)31-32(38)35(28-10-5-4-9-27(28)33-31)26-18-23-7-6-8-24(19-26)34(23)25-16-21-13-20(2)14-22(15-21)17-25;1-19-12-20-14-21(13-19)16-24(15-20)34-22-6-5-7-23(34)18-25(17-22)35-28-9-4-3-8-26(28)32-30(31(35)38)27(33-39-2)10-11-29(36)37;/h4-5,9-10,20-26H,3,6-8,11-19H2,1-2H3;3-4,8-9,19-25H,5-7,10-18H2,1-2H3,(H,36,37);1H4/b;33-27+;/t20?,21?,22?,23-,24+,25?,26?;19?,20?,21?,22-,23+,24?,25?;. The highest BCUT2D eigenvalue weighted by molar-refractivity contribution is 6.01. The molecular weight excluding hydrogens is 995 g/mol. The number of piperidine rings is 4. The molecule has 0 amide bonds. The number of carbonyl (C=O) groups is 3. The van der Waals surface area contributed by atoms with E-state index in [1.54, 1.807) is 6.92 Å². The number of esters is 1. The fraction of sp³-hybridized carbons (Fsp3) is 0.688. The number of benzene rings is 2. The SMILES string of the molecule is C.CCOC(=O)CCC(=O)c1nc2ccccc2n(C2C[C@H]3CCC[C@@H](C2)N3C2CC3CC(C)CC(C3)C2)c1=O.CO/N=C(\CCC(=O)O)c1nc2ccccc2n(C2C[C@H]3CCC[C@@H](C2)N3C2CC3CC(C)CC(C3)C2)c1=O. The number of fused-ring (bicyclic) bond motifs is 10. The number of aliphatic carboxylic acids is 1. The summed E-state index contributed by atoms with van der Waals surface area (Å²) >= 11 is 0. The molecule has 79 heavy (non-hydrogen) atoms. The van der Waals surface area contributed by atoms with Gasteiger partial charge in [-0.3, -0.25) is 33.8 Å². The number of hydrogen-bond donors (Lipinski definition) is 1. The minimum atomic E-state index is -0.943. The van der Waals surface area contributed by atoms with Crippen LogP contribution in [-0.2, 0) is 19.2 Å². The number of carbonyl (C=O) groups excluding carboxylic acids is 2. The Morgan fingerprint density at radius 2 is 0.987 bits per heavy atom. The zero-order chi connectivity index (χ0) is 54.2. The Bertz CT molecular complexity index is 2930. The Kier molecular flexibility index (Phi) is 17.9. The van der Waals surface area contributed by atoms with Crippen LogP contribution in [0, 0.1) is 35.5 Å². The second kappa shape index (κ2) is 24.8. The average Bonchev–Trinajstić information content (AvgIpc) is 3.58. The van der Waals surface area contributed by atoms with Crippen LogP contribution in [0.15, 0.2) is 63.3 Å². The van der Waals surface area contributed by atoms with Gasteiger partial charge in [0.1, 0.15) is 12.8 Å². The lowest BCUT2D eigenvalue weighted by Crippen LogP contribution is -2.59. The molecule has 0 spiro atoms. The molecule has 428 valence electrons. The molecular formula is C64H89N7O8. The van der Waals surface area contributed by atoms with Crippen LogP contribution < -0.4 is 11.1 Å². The largest absolute Gasteiger partial charge is 0.481 e.